The molecule has 0 amide bonds. The summed E-state index contributed by atoms with van der Waals surface area (Å²) in [5, 5.41) is 7.37. The number of hydrogen-bond acceptors (Lipinski definition) is 6. The van der Waals surface area contributed by atoms with Gasteiger partial charge in [0.05, 0.1) is 13.7 Å². The first kappa shape index (κ1) is 15.2. The summed E-state index contributed by atoms with van der Waals surface area (Å²) in [6.07, 6.45) is 3.56. The molecule has 1 atom stereocenters. The first-order chi connectivity index (χ1) is 11.3. The Bertz CT molecular complexity index is 741. The van der Waals surface area contributed by atoms with E-state index >= 15 is 0 Å². The minimum absolute atomic E-state index is 0.181. The van der Waals surface area contributed by atoms with Crippen LogP contribution in [0.15, 0.2) is 53.3 Å². The molecule has 118 valence electrons. The first-order valence-electron chi connectivity index (χ1n) is 7.36. The lowest BCUT2D eigenvalue weighted by Gasteiger charge is -2.11. The normalized spacial score (nSPS) is 12.1. The van der Waals surface area contributed by atoms with E-state index in [0.29, 0.717) is 18.3 Å². The molecule has 3 rings (SSSR count). The molecule has 2 aromatic heterocycles. The van der Waals surface area contributed by atoms with Gasteiger partial charge in [0.1, 0.15) is 5.75 Å². The van der Waals surface area contributed by atoms with E-state index in [0.717, 1.165) is 11.3 Å². The Morgan fingerprint density at radius 2 is 1.87 bits per heavy atom. The van der Waals surface area contributed by atoms with E-state index in [9.17, 15) is 0 Å². The van der Waals surface area contributed by atoms with Crippen molar-refractivity contribution < 1.29 is 9.26 Å². The summed E-state index contributed by atoms with van der Waals surface area (Å²) in [4.78, 5) is 8.43. The molecule has 3 aromatic rings. The van der Waals surface area contributed by atoms with Gasteiger partial charge in [-0.25, -0.2) is 0 Å². The van der Waals surface area contributed by atoms with Crippen LogP contribution in [0, 0.1) is 0 Å². The standard InChI is InChI=1S/C17H18N4O2/c1-12(13-7-9-18-10-8-13)19-11-16-20-17(23-21-16)14-3-5-15(22-2)6-4-14/h3-10,12,19H,11H2,1-2H3/t12-/m1/s1. The van der Waals surface area contributed by atoms with Gasteiger partial charge in [0.25, 0.3) is 5.89 Å². The predicted molar refractivity (Wildman–Crippen MR) is 85.8 cm³/mol. The highest BCUT2D eigenvalue weighted by molar-refractivity contribution is 5.54. The van der Waals surface area contributed by atoms with E-state index in [4.69, 9.17) is 9.26 Å². The molecule has 1 aromatic carbocycles. The number of ether oxygens (including phenoxy) is 1. The summed E-state index contributed by atoms with van der Waals surface area (Å²) in [6, 6.07) is 11.7. The lowest BCUT2D eigenvalue weighted by molar-refractivity contribution is 0.413. The van der Waals surface area contributed by atoms with Gasteiger partial charge in [-0.15, -0.1) is 0 Å². The molecule has 0 bridgehead atoms. The van der Waals surface area contributed by atoms with Crippen molar-refractivity contribution in [3.05, 3.63) is 60.2 Å². The number of methoxy groups -OCH3 is 1. The molecule has 0 aliphatic carbocycles. The average Bonchev–Trinajstić information content (AvgIpc) is 3.09. The van der Waals surface area contributed by atoms with Crippen LogP contribution in [0.4, 0.5) is 0 Å². The van der Waals surface area contributed by atoms with E-state index in [1.165, 1.54) is 5.56 Å². The van der Waals surface area contributed by atoms with E-state index in [2.05, 4.69) is 27.4 Å². The molecule has 23 heavy (non-hydrogen) atoms. The fourth-order valence-electron chi connectivity index (χ4n) is 2.19. The number of pyridine rings is 1. The molecule has 0 aliphatic heterocycles. The Labute approximate surface area is 134 Å². The van der Waals surface area contributed by atoms with Crippen molar-refractivity contribution >= 4 is 0 Å². The summed E-state index contributed by atoms with van der Waals surface area (Å²) in [7, 11) is 1.63. The lowest BCUT2D eigenvalue weighted by atomic mass is 10.1. The van der Waals surface area contributed by atoms with Crippen LogP contribution in [-0.4, -0.2) is 22.2 Å². The largest absolute Gasteiger partial charge is 0.497 e. The molecule has 0 saturated carbocycles. The number of benzene rings is 1. The topological polar surface area (TPSA) is 73.1 Å². The molecular formula is C17H18N4O2. The summed E-state index contributed by atoms with van der Waals surface area (Å²) in [5.74, 6) is 1.92. The molecular weight excluding hydrogens is 292 g/mol. The van der Waals surface area contributed by atoms with Crippen LogP contribution < -0.4 is 10.1 Å². The van der Waals surface area contributed by atoms with Gasteiger partial charge in [0.2, 0.25) is 0 Å². The van der Waals surface area contributed by atoms with Crippen molar-refractivity contribution in [2.75, 3.05) is 7.11 Å². The lowest BCUT2D eigenvalue weighted by Crippen LogP contribution is -2.18. The third-order valence-corrected chi connectivity index (χ3v) is 3.58. The summed E-state index contributed by atoms with van der Waals surface area (Å²) in [6.45, 7) is 2.61. The van der Waals surface area contributed by atoms with Crippen molar-refractivity contribution in [3.63, 3.8) is 0 Å². The first-order valence-corrected chi connectivity index (χ1v) is 7.36. The molecule has 0 aliphatic rings. The molecule has 0 spiro atoms. The summed E-state index contributed by atoms with van der Waals surface area (Å²) in [5.41, 5.74) is 2.03. The Kier molecular flexibility index (Phi) is 4.63. The van der Waals surface area contributed by atoms with Crippen LogP contribution in [-0.2, 0) is 6.54 Å². The smallest absolute Gasteiger partial charge is 0.257 e. The monoisotopic (exact) mass is 310 g/mol. The molecule has 6 nitrogen and oxygen atoms in total. The molecule has 0 fully saturated rings. The van der Waals surface area contributed by atoms with Gasteiger partial charge in [0, 0.05) is 24.0 Å². The number of hydrogen-bond donors (Lipinski definition) is 1. The predicted octanol–water partition coefficient (Wildman–Crippen LogP) is 2.99. The number of rotatable bonds is 6. The van der Waals surface area contributed by atoms with Crippen LogP contribution in [0.2, 0.25) is 0 Å². The Morgan fingerprint density at radius 1 is 1.13 bits per heavy atom. The highest BCUT2D eigenvalue weighted by Crippen LogP contribution is 2.20. The van der Waals surface area contributed by atoms with Gasteiger partial charge in [-0.1, -0.05) is 5.16 Å². The summed E-state index contributed by atoms with van der Waals surface area (Å²) < 4.78 is 10.4. The fraction of sp³-hybridized carbons (Fsp3) is 0.235. The Hall–Kier alpha value is -2.73. The molecule has 1 N–H and O–H groups in total. The minimum Gasteiger partial charge on any atom is -0.497 e. The van der Waals surface area contributed by atoms with E-state index in [-0.39, 0.29) is 6.04 Å². The van der Waals surface area contributed by atoms with Gasteiger partial charge in [-0.05, 0) is 48.9 Å². The van der Waals surface area contributed by atoms with Crippen LogP contribution >= 0.6 is 0 Å². The Balaban J connectivity index is 1.63. The Morgan fingerprint density at radius 3 is 2.57 bits per heavy atom. The third-order valence-electron chi connectivity index (χ3n) is 3.58. The van der Waals surface area contributed by atoms with E-state index in [1.807, 2.05) is 36.4 Å². The maximum absolute atomic E-state index is 5.31. The zero-order valence-corrected chi connectivity index (χ0v) is 13.1. The van der Waals surface area contributed by atoms with Gasteiger partial charge in [-0.2, -0.15) is 4.98 Å². The highest BCUT2D eigenvalue weighted by Gasteiger charge is 2.10. The van der Waals surface area contributed by atoms with Crippen molar-refractivity contribution in [1.29, 1.82) is 0 Å². The molecule has 0 unspecified atom stereocenters. The van der Waals surface area contributed by atoms with Gasteiger partial charge < -0.3 is 14.6 Å². The van der Waals surface area contributed by atoms with Gasteiger partial charge in [-0.3, -0.25) is 4.98 Å². The average molecular weight is 310 g/mol. The van der Waals surface area contributed by atoms with E-state index < -0.39 is 0 Å². The van der Waals surface area contributed by atoms with Crippen LogP contribution in [0.1, 0.15) is 24.4 Å². The SMILES string of the molecule is COc1ccc(-c2nc(CN[C@H](C)c3ccncc3)no2)cc1. The fourth-order valence-corrected chi connectivity index (χ4v) is 2.19. The molecule has 2 heterocycles. The second kappa shape index (κ2) is 7.02. The van der Waals surface area contributed by atoms with Crippen LogP contribution in [0.3, 0.4) is 0 Å². The number of nitrogens with zero attached hydrogens (tertiary/aromatic N) is 3. The van der Waals surface area contributed by atoms with Crippen LogP contribution in [0.5, 0.6) is 5.75 Å². The molecule has 0 radical (unpaired) electrons. The number of nitrogens with one attached hydrogen (secondary N) is 1. The van der Waals surface area contributed by atoms with Crippen LogP contribution in [0.25, 0.3) is 11.5 Å². The van der Waals surface area contributed by atoms with Crippen molar-refractivity contribution in [1.82, 2.24) is 20.4 Å². The third kappa shape index (κ3) is 3.73. The second-order valence-corrected chi connectivity index (χ2v) is 5.13. The van der Waals surface area contributed by atoms with Gasteiger partial charge >= 0.3 is 0 Å². The maximum atomic E-state index is 5.31. The summed E-state index contributed by atoms with van der Waals surface area (Å²) >= 11 is 0. The maximum Gasteiger partial charge on any atom is 0.257 e. The van der Waals surface area contributed by atoms with Crippen molar-refractivity contribution in [2.24, 2.45) is 0 Å². The molecule has 6 heteroatoms. The second-order valence-electron chi connectivity index (χ2n) is 5.13. The highest BCUT2D eigenvalue weighted by atomic mass is 16.5. The number of aromatic nitrogens is 3. The minimum atomic E-state index is 0.181. The quantitative estimate of drug-likeness (QED) is 0.754. The zero-order chi connectivity index (χ0) is 16.1. The van der Waals surface area contributed by atoms with Crippen molar-refractivity contribution in [2.45, 2.75) is 19.5 Å². The van der Waals surface area contributed by atoms with Gasteiger partial charge in [0.15, 0.2) is 5.82 Å². The van der Waals surface area contributed by atoms with E-state index in [1.54, 1.807) is 19.5 Å². The zero-order valence-electron chi connectivity index (χ0n) is 13.1. The molecule has 0 saturated heterocycles. The van der Waals surface area contributed by atoms with Crippen molar-refractivity contribution in [3.8, 4) is 17.2 Å².